The van der Waals surface area contributed by atoms with E-state index in [1.165, 1.54) is 0 Å². The van der Waals surface area contributed by atoms with Crippen molar-refractivity contribution in [3.8, 4) is 5.75 Å². The summed E-state index contributed by atoms with van der Waals surface area (Å²) >= 11 is 0. The Labute approximate surface area is 134 Å². The molecule has 0 amide bonds. The van der Waals surface area contributed by atoms with Crippen molar-refractivity contribution in [1.29, 1.82) is 5.41 Å². The summed E-state index contributed by atoms with van der Waals surface area (Å²) < 4.78 is 5.36. The van der Waals surface area contributed by atoms with Crippen LogP contribution in [0.1, 0.15) is 0 Å². The molecule has 6 N–H and O–H groups in total. The van der Waals surface area contributed by atoms with Crippen molar-refractivity contribution in [2.24, 2.45) is 15.2 Å². The van der Waals surface area contributed by atoms with Gasteiger partial charge in [-0.2, -0.15) is 5.11 Å². The predicted octanol–water partition coefficient (Wildman–Crippen LogP) is 0.668. The molecule has 0 bridgehead atoms. The zero-order chi connectivity index (χ0) is 17.0. The van der Waals surface area contributed by atoms with E-state index in [0.717, 1.165) is 0 Å². The first-order valence-corrected chi connectivity index (χ1v) is 7.08. The monoisotopic (exact) mass is 319 g/mol. The van der Waals surface area contributed by atoms with E-state index in [-0.39, 0.29) is 25.1 Å². The van der Waals surface area contributed by atoms with Gasteiger partial charge in [-0.15, -0.1) is 5.11 Å². The van der Waals surface area contributed by atoms with Crippen molar-refractivity contribution in [1.82, 2.24) is 4.90 Å². The molecule has 1 aromatic carbocycles. The number of likely N-dealkylation sites (N-methyl/N-ethyl adjacent to an activating group) is 1. The summed E-state index contributed by atoms with van der Waals surface area (Å²) in [6.45, 7) is 0.586. The minimum atomic E-state index is -0.309. The molecule has 124 valence electrons. The first-order chi connectivity index (χ1) is 10.9. The summed E-state index contributed by atoms with van der Waals surface area (Å²) in [5.41, 5.74) is 13.4. The molecular formula is C14H21N7O2. The number of hydrogen-bond acceptors (Lipinski definition) is 8. The van der Waals surface area contributed by atoms with Crippen molar-refractivity contribution < 1.29 is 9.84 Å². The molecule has 0 aliphatic carbocycles. The summed E-state index contributed by atoms with van der Waals surface area (Å²) in [4.78, 5) is 6.38. The Morgan fingerprint density at radius 3 is 2.74 bits per heavy atom. The summed E-state index contributed by atoms with van der Waals surface area (Å²) in [7, 11) is 3.82. The summed E-state index contributed by atoms with van der Waals surface area (Å²) in [5, 5.41) is 24.6. The molecule has 9 nitrogen and oxygen atoms in total. The molecule has 0 aromatic heterocycles. The minimum absolute atomic E-state index is 0.0194. The lowest BCUT2D eigenvalue weighted by Gasteiger charge is -2.14. The normalized spacial score (nSPS) is 19.0. The van der Waals surface area contributed by atoms with Crippen LogP contribution in [0.3, 0.4) is 0 Å². The third-order valence-electron chi connectivity index (χ3n) is 3.14. The largest absolute Gasteiger partial charge is 0.489 e. The second-order valence-electron chi connectivity index (χ2n) is 5.36. The van der Waals surface area contributed by atoms with Crippen LogP contribution < -0.4 is 16.2 Å². The number of nitrogen functional groups attached to an aromatic ring is 2. The highest BCUT2D eigenvalue weighted by Gasteiger charge is 2.27. The third kappa shape index (κ3) is 4.02. The number of nitrogens with zero attached hydrogens (tertiary/aromatic N) is 4. The van der Waals surface area contributed by atoms with Gasteiger partial charge in [0, 0.05) is 12.6 Å². The van der Waals surface area contributed by atoms with E-state index in [9.17, 15) is 0 Å². The van der Waals surface area contributed by atoms with E-state index in [0.29, 0.717) is 35.1 Å². The van der Waals surface area contributed by atoms with Gasteiger partial charge in [-0.25, -0.2) is 4.99 Å². The van der Waals surface area contributed by atoms with Gasteiger partial charge in [0.1, 0.15) is 24.1 Å². The average Bonchev–Trinajstić information content (AvgIpc) is 2.81. The maximum Gasteiger partial charge on any atom is 0.190 e. The number of aliphatic imine (C=N–C) groups is 1. The molecule has 23 heavy (non-hydrogen) atoms. The number of benzene rings is 1. The number of nitrogens with one attached hydrogen (secondary N) is 1. The minimum Gasteiger partial charge on any atom is -0.489 e. The second-order valence-corrected chi connectivity index (χ2v) is 5.36. The smallest absolute Gasteiger partial charge is 0.190 e. The van der Waals surface area contributed by atoms with Crippen LogP contribution in [-0.2, 0) is 0 Å². The number of ether oxygens (including phenoxy) is 1. The molecule has 1 unspecified atom stereocenters. The zero-order valence-corrected chi connectivity index (χ0v) is 13.2. The van der Waals surface area contributed by atoms with Gasteiger partial charge in [0.25, 0.3) is 0 Å². The molecule has 1 aliphatic heterocycles. The summed E-state index contributed by atoms with van der Waals surface area (Å²) in [5.74, 6) is 0.404. The number of aliphatic hydroxyl groups is 1. The van der Waals surface area contributed by atoms with Crippen LogP contribution in [0, 0.1) is 5.41 Å². The van der Waals surface area contributed by atoms with E-state index < -0.39 is 0 Å². The van der Waals surface area contributed by atoms with Crippen molar-refractivity contribution in [3.05, 3.63) is 12.1 Å². The topological polar surface area (TPSA) is 146 Å². The Bertz CT molecular complexity index is 655. The van der Waals surface area contributed by atoms with Crippen LogP contribution >= 0.6 is 0 Å². The molecule has 0 radical (unpaired) electrons. The van der Waals surface area contributed by atoms with Crippen LogP contribution in [0.25, 0.3) is 0 Å². The number of rotatable bonds is 6. The Hall–Kier alpha value is -2.52. The number of anilines is 2. The SMILES string of the molecule is CN(C)CC1N=NC(=N)C1=Nc1cc(OCCO)c(N)cc1N. The molecule has 0 fully saturated rings. The number of amidine groups is 1. The Balaban J connectivity index is 2.34. The lowest BCUT2D eigenvalue weighted by Crippen LogP contribution is -2.31. The maximum absolute atomic E-state index is 8.85. The highest BCUT2D eigenvalue weighted by atomic mass is 16.5. The van der Waals surface area contributed by atoms with Crippen LogP contribution in [0.5, 0.6) is 5.75 Å². The Morgan fingerprint density at radius 1 is 1.35 bits per heavy atom. The molecular weight excluding hydrogens is 298 g/mol. The van der Waals surface area contributed by atoms with Crippen molar-refractivity contribution >= 4 is 28.6 Å². The van der Waals surface area contributed by atoms with Gasteiger partial charge in [-0.1, -0.05) is 0 Å². The van der Waals surface area contributed by atoms with Crippen LogP contribution in [0.15, 0.2) is 27.4 Å². The molecule has 2 rings (SSSR count). The van der Waals surface area contributed by atoms with E-state index in [1.54, 1.807) is 12.1 Å². The fraction of sp³-hybridized carbons (Fsp3) is 0.429. The fourth-order valence-electron chi connectivity index (χ4n) is 2.10. The number of azo groups is 1. The number of aliphatic hydroxyl groups excluding tert-OH is 1. The molecule has 0 saturated heterocycles. The van der Waals surface area contributed by atoms with Crippen LogP contribution in [0.4, 0.5) is 17.1 Å². The molecule has 1 atom stereocenters. The van der Waals surface area contributed by atoms with Gasteiger partial charge >= 0.3 is 0 Å². The molecule has 0 saturated carbocycles. The third-order valence-corrected chi connectivity index (χ3v) is 3.14. The van der Waals surface area contributed by atoms with Gasteiger partial charge in [0.05, 0.1) is 23.7 Å². The van der Waals surface area contributed by atoms with Gasteiger partial charge in [-0.05, 0) is 20.2 Å². The highest BCUT2D eigenvalue weighted by Crippen LogP contribution is 2.34. The van der Waals surface area contributed by atoms with E-state index in [1.807, 2.05) is 19.0 Å². The fourth-order valence-corrected chi connectivity index (χ4v) is 2.10. The Morgan fingerprint density at radius 2 is 2.09 bits per heavy atom. The van der Waals surface area contributed by atoms with Crippen molar-refractivity contribution in [2.75, 3.05) is 45.3 Å². The predicted molar refractivity (Wildman–Crippen MR) is 89.9 cm³/mol. The highest BCUT2D eigenvalue weighted by molar-refractivity contribution is 6.44. The quantitative estimate of drug-likeness (QED) is 0.569. The summed E-state index contributed by atoms with van der Waals surface area (Å²) in [6.07, 6.45) is 0. The molecule has 1 aromatic rings. The standard InChI is InChI=1S/C14H21N7O2/c1-21(2)7-11-13(14(17)20-19-11)18-10-6-12(23-4-3-22)9(16)5-8(10)15/h5-6,11,17,22H,3-4,7,15-16H2,1-2H3. The van der Waals surface area contributed by atoms with Crippen molar-refractivity contribution in [2.45, 2.75) is 6.04 Å². The molecule has 0 spiro atoms. The number of hydrogen-bond donors (Lipinski definition) is 4. The molecule has 9 heteroatoms. The van der Waals surface area contributed by atoms with Gasteiger partial charge in [-0.3, -0.25) is 5.41 Å². The first kappa shape index (κ1) is 16.8. The maximum atomic E-state index is 8.85. The van der Waals surface area contributed by atoms with Crippen LogP contribution in [-0.4, -0.2) is 61.4 Å². The lowest BCUT2D eigenvalue weighted by molar-refractivity contribution is 0.202. The Kier molecular flexibility index (Phi) is 5.24. The number of nitrogens with two attached hydrogens (primary N) is 2. The van der Waals surface area contributed by atoms with Gasteiger partial charge in [0.15, 0.2) is 5.84 Å². The zero-order valence-electron chi connectivity index (χ0n) is 13.2. The van der Waals surface area contributed by atoms with Crippen LogP contribution in [0.2, 0.25) is 0 Å². The van der Waals surface area contributed by atoms with Gasteiger partial charge in [0.2, 0.25) is 0 Å². The first-order valence-electron chi connectivity index (χ1n) is 7.08. The molecule has 1 aliphatic rings. The van der Waals surface area contributed by atoms with E-state index in [2.05, 4.69) is 15.2 Å². The van der Waals surface area contributed by atoms with E-state index in [4.69, 9.17) is 26.7 Å². The average molecular weight is 319 g/mol. The van der Waals surface area contributed by atoms with Crippen molar-refractivity contribution in [3.63, 3.8) is 0 Å². The van der Waals surface area contributed by atoms with E-state index >= 15 is 0 Å². The van der Waals surface area contributed by atoms with Gasteiger partial charge < -0.3 is 26.2 Å². The molecule has 1 heterocycles. The summed E-state index contributed by atoms with van der Waals surface area (Å²) in [6, 6.07) is 2.82. The lowest BCUT2D eigenvalue weighted by atomic mass is 10.1. The second kappa shape index (κ2) is 7.16.